The first-order valence-electron chi connectivity index (χ1n) is 10.9. The molecule has 2 heterocycles. The average molecular weight is 455 g/mol. The maximum Gasteiger partial charge on any atom is 0.284 e. The zero-order valence-electron chi connectivity index (χ0n) is 18.6. The summed E-state index contributed by atoms with van der Waals surface area (Å²) in [5, 5.41) is 3.13. The van der Waals surface area contributed by atoms with Crippen LogP contribution in [-0.2, 0) is 13.1 Å². The number of hydrogen-bond acceptors (Lipinski definition) is 5. The summed E-state index contributed by atoms with van der Waals surface area (Å²) in [4.78, 5) is 22.0. The fraction of sp³-hybridized carbons (Fsp3) is 0.115. The fourth-order valence-corrected chi connectivity index (χ4v) is 4.13. The lowest BCUT2D eigenvalue weighted by Crippen LogP contribution is -2.21. The van der Waals surface area contributed by atoms with Crippen molar-refractivity contribution in [2.45, 2.75) is 13.1 Å². The van der Waals surface area contributed by atoms with Gasteiger partial charge in [-0.1, -0.05) is 42.5 Å². The van der Waals surface area contributed by atoms with E-state index in [1.807, 2.05) is 61.6 Å². The van der Waals surface area contributed by atoms with Crippen LogP contribution in [0.25, 0.3) is 33.7 Å². The molecule has 0 aliphatic rings. The molecule has 0 aliphatic carbocycles. The number of halogens is 1. The Morgan fingerprint density at radius 2 is 1.76 bits per heavy atom. The molecular weight excluding hydrogens is 431 g/mol. The molecule has 7 nitrogen and oxygen atoms in total. The highest BCUT2D eigenvalue weighted by Crippen LogP contribution is 2.27. The van der Waals surface area contributed by atoms with E-state index in [0.717, 1.165) is 27.9 Å². The third-order valence-corrected chi connectivity index (χ3v) is 5.79. The van der Waals surface area contributed by atoms with Gasteiger partial charge in [0.15, 0.2) is 11.2 Å². The van der Waals surface area contributed by atoms with Crippen LogP contribution in [0.5, 0.6) is 0 Å². The molecular formula is C26H23FN6O. The van der Waals surface area contributed by atoms with E-state index < -0.39 is 11.4 Å². The normalized spacial score (nSPS) is 11.3. The Kier molecular flexibility index (Phi) is 5.75. The van der Waals surface area contributed by atoms with E-state index in [0.29, 0.717) is 13.1 Å². The Morgan fingerprint density at radius 3 is 2.53 bits per heavy atom. The van der Waals surface area contributed by atoms with Crippen molar-refractivity contribution in [1.82, 2.24) is 24.4 Å². The van der Waals surface area contributed by atoms with Crippen LogP contribution in [0.1, 0.15) is 11.1 Å². The van der Waals surface area contributed by atoms with E-state index in [1.54, 1.807) is 10.6 Å². The van der Waals surface area contributed by atoms with E-state index in [2.05, 4.69) is 15.3 Å². The van der Waals surface area contributed by atoms with Gasteiger partial charge < -0.3 is 11.1 Å². The minimum absolute atomic E-state index is 0.123. The van der Waals surface area contributed by atoms with Gasteiger partial charge >= 0.3 is 0 Å². The molecule has 8 heteroatoms. The van der Waals surface area contributed by atoms with E-state index in [1.165, 1.54) is 23.3 Å². The smallest absolute Gasteiger partial charge is 0.284 e. The molecule has 3 aromatic carbocycles. The van der Waals surface area contributed by atoms with Gasteiger partial charge in [0.25, 0.3) is 5.56 Å². The molecule has 0 aliphatic heterocycles. The summed E-state index contributed by atoms with van der Waals surface area (Å²) in [6.45, 7) is 1.03. The lowest BCUT2D eigenvalue weighted by molar-refractivity contribution is 0.616. The second kappa shape index (κ2) is 9.01. The number of hydrogen-bond donors (Lipinski definition) is 2. The Hall–Kier alpha value is -4.14. The topological polar surface area (TPSA) is 90.8 Å². The highest BCUT2D eigenvalue weighted by Gasteiger charge is 2.16. The molecule has 0 saturated carbocycles. The third-order valence-electron chi connectivity index (χ3n) is 5.79. The van der Waals surface area contributed by atoms with E-state index in [4.69, 9.17) is 5.73 Å². The SMILES string of the molecule is CNCc1ccccc1-c1ccc(-n2cnc3ncn(-c4cccc(CN)c4)c3c2=O)c(F)c1. The highest BCUT2D eigenvalue weighted by atomic mass is 19.1. The maximum atomic E-state index is 15.3. The minimum Gasteiger partial charge on any atom is -0.326 e. The van der Waals surface area contributed by atoms with Gasteiger partial charge in [0.1, 0.15) is 18.5 Å². The highest BCUT2D eigenvalue weighted by molar-refractivity contribution is 5.73. The van der Waals surface area contributed by atoms with Gasteiger partial charge in [-0.2, -0.15) is 0 Å². The summed E-state index contributed by atoms with van der Waals surface area (Å²) < 4.78 is 18.2. The first-order valence-corrected chi connectivity index (χ1v) is 10.9. The Morgan fingerprint density at radius 1 is 0.971 bits per heavy atom. The summed E-state index contributed by atoms with van der Waals surface area (Å²) in [6, 6.07) is 20.2. The van der Waals surface area contributed by atoms with Crippen LogP contribution in [-0.4, -0.2) is 26.1 Å². The zero-order chi connectivity index (χ0) is 23.7. The Bertz CT molecular complexity index is 1560. The number of aromatic nitrogens is 4. The summed E-state index contributed by atoms with van der Waals surface area (Å²) >= 11 is 0. The monoisotopic (exact) mass is 454 g/mol. The van der Waals surface area contributed by atoms with Crippen LogP contribution < -0.4 is 16.6 Å². The quantitative estimate of drug-likeness (QED) is 0.410. The van der Waals surface area contributed by atoms with Crippen molar-refractivity contribution in [1.29, 1.82) is 0 Å². The second-order valence-electron chi connectivity index (χ2n) is 7.93. The van der Waals surface area contributed by atoms with Crippen molar-refractivity contribution in [2.24, 2.45) is 5.73 Å². The molecule has 0 bridgehead atoms. The zero-order valence-corrected chi connectivity index (χ0v) is 18.6. The van der Waals surface area contributed by atoms with Crippen LogP contribution in [0, 0.1) is 5.82 Å². The number of rotatable bonds is 6. The predicted molar refractivity (Wildman–Crippen MR) is 131 cm³/mol. The predicted octanol–water partition coefficient (Wildman–Crippen LogP) is 3.56. The van der Waals surface area contributed by atoms with Crippen molar-refractivity contribution in [3.05, 3.63) is 107 Å². The lowest BCUT2D eigenvalue weighted by atomic mass is 9.99. The first-order chi connectivity index (χ1) is 16.6. The first kappa shape index (κ1) is 21.7. The summed E-state index contributed by atoms with van der Waals surface area (Å²) in [5.41, 5.74) is 10.4. The van der Waals surface area contributed by atoms with Crippen LogP contribution in [0.15, 0.2) is 84.2 Å². The van der Waals surface area contributed by atoms with Crippen LogP contribution >= 0.6 is 0 Å². The van der Waals surface area contributed by atoms with Gasteiger partial charge in [-0.15, -0.1) is 0 Å². The molecule has 34 heavy (non-hydrogen) atoms. The Labute approximate surface area is 195 Å². The van der Waals surface area contributed by atoms with Crippen LogP contribution in [0.4, 0.5) is 4.39 Å². The maximum absolute atomic E-state index is 15.3. The average Bonchev–Trinajstić information content (AvgIpc) is 3.30. The van der Waals surface area contributed by atoms with Gasteiger partial charge in [0, 0.05) is 18.8 Å². The van der Waals surface area contributed by atoms with Crippen molar-refractivity contribution < 1.29 is 4.39 Å². The Balaban J connectivity index is 1.62. The largest absolute Gasteiger partial charge is 0.326 e. The van der Waals surface area contributed by atoms with Gasteiger partial charge in [0.2, 0.25) is 0 Å². The molecule has 0 radical (unpaired) electrons. The molecule has 5 rings (SSSR count). The van der Waals surface area contributed by atoms with Gasteiger partial charge in [0.05, 0.1) is 5.69 Å². The fourth-order valence-electron chi connectivity index (χ4n) is 4.13. The van der Waals surface area contributed by atoms with Gasteiger partial charge in [-0.25, -0.2) is 14.4 Å². The molecule has 2 aromatic heterocycles. The molecule has 0 spiro atoms. The third kappa shape index (κ3) is 3.79. The lowest BCUT2D eigenvalue weighted by Gasteiger charge is -2.12. The molecule has 0 fully saturated rings. The summed E-state index contributed by atoms with van der Waals surface area (Å²) in [5.74, 6) is -0.517. The van der Waals surface area contributed by atoms with E-state index in [9.17, 15) is 4.79 Å². The summed E-state index contributed by atoms with van der Waals surface area (Å²) in [7, 11) is 1.87. The number of nitrogens with two attached hydrogens (primary N) is 1. The molecule has 5 aromatic rings. The second-order valence-corrected chi connectivity index (χ2v) is 7.93. The standard InChI is InChI=1S/C26H23FN6O/c1-29-14-19-6-2-3-8-21(19)18-9-10-23(22(27)12-18)33-16-31-25-24(26(33)34)32(15-30-25)20-7-4-5-17(11-20)13-28/h2-12,15-16,29H,13-14,28H2,1H3. The van der Waals surface area contributed by atoms with Crippen LogP contribution in [0.2, 0.25) is 0 Å². The number of benzene rings is 3. The van der Waals surface area contributed by atoms with Crippen molar-refractivity contribution in [3.8, 4) is 22.5 Å². The summed E-state index contributed by atoms with van der Waals surface area (Å²) in [6.07, 6.45) is 2.85. The minimum atomic E-state index is -0.517. The van der Waals surface area contributed by atoms with Crippen molar-refractivity contribution in [2.75, 3.05) is 7.05 Å². The number of nitrogens with one attached hydrogen (secondary N) is 1. The molecule has 3 N–H and O–H groups in total. The van der Waals surface area contributed by atoms with Gasteiger partial charge in [-0.05, 0) is 53.6 Å². The van der Waals surface area contributed by atoms with E-state index >= 15 is 4.39 Å². The van der Waals surface area contributed by atoms with Crippen molar-refractivity contribution in [3.63, 3.8) is 0 Å². The molecule has 170 valence electrons. The molecule has 0 amide bonds. The van der Waals surface area contributed by atoms with Crippen molar-refractivity contribution >= 4 is 11.2 Å². The molecule has 0 saturated heterocycles. The van der Waals surface area contributed by atoms with E-state index in [-0.39, 0.29) is 16.9 Å². The molecule has 0 unspecified atom stereocenters. The van der Waals surface area contributed by atoms with Gasteiger partial charge in [-0.3, -0.25) is 13.9 Å². The number of fused-ring (bicyclic) bond motifs is 1. The molecule has 0 atom stereocenters. The number of imidazole rings is 1. The van der Waals surface area contributed by atoms with Crippen LogP contribution in [0.3, 0.4) is 0 Å². The number of nitrogens with zero attached hydrogens (tertiary/aromatic N) is 4.